The zero-order valence-electron chi connectivity index (χ0n) is 11.6. The first-order valence-electron chi connectivity index (χ1n) is 6.95. The van der Waals surface area contributed by atoms with Gasteiger partial charge in [-0.1, -0.05) is 18.6 Å². The van der Waals surface area contributed by atoms with Gasteiger partial charge in [-0.05, 0) is 44.1 Å². The van der Waals surface area contributed by atoms with Crippen molar-refractivity contribution in [1.29, 1.82) is 0 Å². The third kappa shape index (κ3) is 3.22. The van der Waals surface area contributed by atoms with Gasteiger partial charge in [0, 0.05) is 19.2 Å². The van der Waals surface area contributed by atoms with Crippen LogP contribution >= 0.6 is 0 Å². The van der Waals surface area contributed by atoms with Crippen LogP contribution in [0, 0.1) is 11.8 Å². The van der Waals surface area contributed by atoms with Crippen LogP contribution < -0.4 is 0 Å². The summed E-state index contributed by atoms with van der Waals surface area (Å²) in [5.41, 5.74) is 2.56. The summed E-state index contributed by atoms with van der Waals surface area (Å²) in [6.45, 7) is 7.37. The summed E-state index contributed by atoms with van der Waals surface area (Å²) in [6.07, 6.45) is 8.86. The van der Waals surface area contributed by atoms with Crippen LogP contribution in [0.5, 0.6) is 0 Å². The first-order valence-corrected chi connectivity index (χ1v) is 6.95. The minimum atomic E-state index is -0.245. The molecule has 3 heteroatoms. The van der Waals surface area contributed by atoms with Crippen molar-refractivity contribution in [1.82, 2.24) is 9.78 Å². The van der Waals surface area contributed by atoms with Crippen LogP contribution in [0.1, 0.15) is 39.2 Å². The van der Waals surface area contributed by atoms with Gasteiger partial charge in [0.2, 0.25) is 0 Å². The second-order valence-electron chi connectivity index (χ2n) is 5.67. The zero-order valence-corrected chi connectivity index (χ0v) is 11.6. The Bertz CT molecular complexity index is 422. The highest BCUT2D eigenvalue weighted by Gasteiger charge is 2.25. The molecule has 0 aromatic carbocycles. The van der Waals surface area contributed by atoms with Crippen molar-refractivity contribution in [3.8, 4) is 0 Å². The molecule has 1 aliphatic rings. The van der Waals surface area contributed by atoms with Crippen molar-refractivity contribution in [2.75, 3.05) is 0 Å². The van der Waals surface area contributed by atoms with Crippen LogP contribution in [0.4, 0.5) is 0 Å². The molecule has 0 radical (unpaired) electrons. The number of hydrogen-bond donors (Lipinski definition) is 1. The van der Waals surface area contributed by atoms with Gasteiger partial charge in [-0.15, -0.1) is 0 Å². The van der Waals surface area contributed by atoms with Crippen molar-refractivity contribution in [2.24, 2.45) is 11.8 Å². The SMILES string of the molecule is CCn1cc(CC(O)C2CC(C)=CC(C)C2)cn1. The number of allylic oxidation sites excluding steroid dienone is 2. The van der Waals surface area contributed by atoms with Crippen molar-refractivity contribution < 1.29 is 5.11 Å². The molecule has 0 saturated carbocycles. The Labute approximate surface area is 110 Å². The summed E-state index contributed by atoms with van der Waals surface area (Å²) >= 11 is 0. The van der Waals surface area contributed by atoms with E-state index in [0.717, 1.165) is 31.4 Å². The van der Waals surface area contributed by atoms with Crippen molar-refractivity contribution in [3.63, 3.8) is 0 Å². The maximum absolute atomic E-state index is 10.4. The fraction of sp³-hybridized carbons (Fsp3) is 0.667. The van der Waals surface area contributed by atoms with E-state index < -0.39 is 0 Å². The average Bonchev–Trinajstić information content (AvgIpc) is 2.75. The van der Waals surface area contributed by atoms with Gasteiger partial charge < -0.3 is 5.11 Å². The van der Waals surface area contributed by atoms with Crippen LogP contribution in [0.2, 0.25) is 0 Å². The highest BCUT2D eigenvalue weighted by atomic mass is 16.3. The summed E-state index contributed by atoms with van der Waals surface area (Å²) < 4.78 is 1.91. The highest BCUT2D eigenvalue weighted by Crippen LogP contribution is 2.31. The lowest BCUT2D eigenvalue weighted by Gasteiger charge is -2.29. The molecule has 1 N–H and O–H groups in total. The molecule has 0 aliphatic heterocycles. The quantitative estimate of drug-likeness (QED) is 0.832. The predicted octanol–water partition coefficient (Wildman–Crippen LogP) is 2.80. The number of hydrogen-bond acceptors (Lipinski definition) is 2. The maximum Gasteiger partial charge on any atom is 0.0613 e. The van der Waals surface area contributed by atoms with Gasteiger partial charge in [0.25, 0.3) is 0 Å². The molecule has 0 amide bonds. The fourth-order valence-corrected chi connectivity index (χ4v) is 2.98. The Balaban J connectivity index is 1.95. The number of aliphatic hydroxyl groups excluding tert-OH is 1. The van der Waals surface area contributed by atoms with Gasteiger partial charge >= 0.3 is 0 Å². The standard InChI is InChI=1S/C15H24N2O/c1-4-17-10-13(9-16-17)8-15(18)14-6-11(2)5-12(3)7-14/h5,9-11,14-15,18H,4,6-8H2,1-3H3. The van der Waals surface area contributed by atoms with Gasteiger partial charge in [-0.2, -0.15) is 5.10 Å². The van der Waals surface area contributed by atoms with Crippen LogP contribution in [-0.4, -0.2) is 21.0 Å². The molecule has 100 valence electrons. The summed E-state index contributed by atoms with van der Waals surface area (Å²) in [7, 11) is 0. The van der Waals surface area contributed by atoms with Crippen LogP contribution in [0.25, 0.3) is 0 Å². The molecule has 2 rings (SSSR count). The fourth-order valence-electron chi connectivity index (χ4n) is 2.98. The Kier molecular flexibility index (Phi) is 4.23. The number of rotatable bonds is 4. The molecule has 1 heterocycles. The highest BCUT2D eigenvalue weighted by molar-refractivity contribution is 5.10. The van der Waals surface area contributed by atoms with Gasteiger partial charge in [-0.3, -0.25) is 4.68 Å². The largest absolute Gasteiger partial charge is 0.392 e. The lowest BCUT2D eigenvalue weighted by atomic mass is 9.79. The molecular weight excluding hydrogens is 224 g/mol. The van der Waals surface area contributed by atoms with Crippen LogP contribution in [0.3, 0.4) is 0 Å². The normalized spacial score (nSPS) is 25.9. The van der Waals surface area contributed by atoms with Crippen molar-refractivity contribution in [3.05, 3.63) is 29.6 Å². The molecule has 1 aromatic rings. The topological polar surface area (TPSA) is 38.0 Å². The first kappa shape index (κ1) is 13.3. The predicted molar refractivity (Wildman–Crippen MR) is 73.3 cm³/mol. The van der Waals surface area contributed by atoms with E-state index in [1.54, 1.807) is 0 Å². The molecule has 3 nitrogen and oxygen atoms in total. The van der Waals surface area contributed by atoms with E-state index in [-0.39, 0.29) is 6.10 Å². The Morgan fingerprint density at radius 1 is 1.56 bits per heavy atom. The van der Waals surface area contributed by atoms with E-state index in [0.29, 0.717) is 11.8 Å². The number of aryl methyl sites for hydroxylation is 1. The Morgan fingerprint density at radius 3 is 2.94 bits per heavy atom. The summed E-state index contributed by atoms with van der Waals surface area (Å²) in [4.78, 5) is 0. The molecular formula is C15H24N2O. The third-order valence-corrected chi connectivity index (χ3v) is 3.83. The lowest BCUT2D eigenvalue weighted by molar-refractivity contribution is 0.0932. The molecule has 1 aliphatic carbocycles. The molecule has 1 aromatic heterocycles. The maximum atomic E-state index is 10.4. The monoisotopic (exact) mass is 248 g/mol. The van der Waals surface area contributed by atoms with Crippen molar-refractivity contribution >= 4 is 0 Å². The number of nitrogens with zero attached hydrogens (tertiary/aromatic N) is 2. The molecule has 18 heavy (non-hydrogen) atoms. The molecule has 3 unspecified atom stereocenters. The van der Waals surface area contributed by atoms with Gasteiger partial charge in [-0.25, -0.2) is 0 Å². The lowest BCUT2D eigenvalue weighted by Crippen LogP contribution is -2.27. The Hall–Kier alpha value is -1.09. The van der Waals surface area contributed by atoms with Crippen molar-refractivity contribution in [2.45, 2.75) is 52.7 Å². The molecule has 3 atom stereocenters. The number of aliphatic hydroxyl groups is 1. The van der Waals surface area contributed by atoms with Gasteiger partial charge in [0.15, 0.2) is 0 Å². The molecule has 0 spiro atoms. The summed E-state index contributed by atoms with van der Waals surface area (Å²) in [5, 5.41) is 14.6. The molecule has 0 saturated heterocycles. The Morgan fingerprint density at radius 2 is 2.33 bits per heavy atom. The van der Waals surface area contributed by atoms with Crippen LogP contribution in [-0.2, 0) is 13.0 Å². The minimum absolute atomic E-state index is 0.245. The first-order chi connectivity index (χ1) is 8.58. The second kappa shape index (κ2) is 5.70. The van der Waals surface area contributed by atoms with Crippen LogP contribution in [0.15, 0.2) is 24.0 Å². The molecule has 0 fully saturated rings. The molecule has 0 bridgehead atoms. The third-order valence-electron chi connectivity index (χ3n) is 3.83. The van der Waals surface area contributed by atoms with E-state index in [2.05, 4.69) is 31.9 Å². The van der Waals surface area contributed by atoms with Gasteiger partial charge in [0.05, 0.1) is 12.3 Å². The summed E-state index contributed by atoms with van der Waals surface area (Å²) in [5.74, 6) is 0.992. The van der Waals surface area contributed by atoms with E-state index in [1.165, 1.54) is 5.57 Å². The van der Waals surface area contributed by atoms with Gasteiger partial charge in [0.1, 0.15) is 0 Å². The van der Waals surface area contributed by atoms with E-state index in [4.69, 9.17) is 0 Å². The number of aromatic nitrogens is 2. The summed E-state index contributed by atoms with van der Waals surface area (Å²) in [6, 6.07) is 0. The zero-order chi connectivity index (χ0) is 13.1. The smallest absolute Gasteiger partial charge is 0.0613 e. The minimum Gasteiger partial charge on any atom is -0.392 e. The van der Waals surface area contributed by atoms with E-state index >= 15 is 0 Å². The van der Waals surface area contributed by atoms with E-state index in [1.807, 2.05) is 17.1 Å². The average molecular weight is 248 g/mol. The van der Waals surface area contributed by atoms with E-state index in [9.17, 15) is 5.11 Å². The second-order valence-corrected chi connectivity index (χ2v) is 5.67.